The van der Waals surface area contributed by atoms with Gasteiger partial charge >= 0.3 is 6.03 Å². The summed E-state index contributed by atoms with van der Waals surface area (Å²) in [5.41, 5.74) is 0.841. The molecule has 0 saturated heterocycles. The van der Waals surface area contributed by atoms with Crippen LogP contribution in [0.25, 0.3) is 0 Å². The third kappa shape index (κ3) is 8.57. The lowest BCUT2D eigenvalue weighted by atomic mass is 9.99. The molecule has 25 heavy (non-hydrogen) atoms. The Hall–Kier alpha value is -2.04. The van der Waals surface area contributed by atoms with Gasteiger partial charge in [0, 0.05) is 23.3 Å². The number of hydrogen-bond acceptors (Lipinski definition) is 2. The van der Waals surface area contributed by atoms with Gasteiger partial charge in [0.05, 0.1) is 0 Å². The Morgan fingerprint density at radius 1 is 1.16 bits per heavy atom. The van der Waals surface area contributed by atoms with Gasteiger partial charge in [0.1, 0.15) is 0 Å². The molecule has 0 aliphatic carbocycles. The first-order valence-corrected chi connectivity index (χ1v) is 9.22. The summed E-state index contributed by atoms with van der Waals surface area (Å²) in [6.07, 6.45) is 4.55. The molecule has 0 aromatic heterocycles. The van der Waals surface area contributed by atoms with Crippen LogP contribution in [-0.4, -0.2) is 24.0 Å². The molecular formula is C20H33N3O2. The summed E-state index contributed by atoms with van der Waals surface area (Å²) in [6.45, 7) is 10.8. The number of unbranched alkanes of at least 4 members (excludes halogenated alkanes) is 1. The van der Waals surface area contributed by atoms with Crippen molar-refractivity contribution >= 4 is 17.6 Å². The van der Waals surface area contributed by atoms with Crippen molar-refractivity contribution in [3.05, 3.63) is 29.8 Å². The topological polar surface area (TPSA) is 70.2 Å². The summed E-state index contributed by atoms with van der Waals surface area (Å²) in [5.74, 6) is 0.358. The molecule has 0 saturated carbocycles. The lowest BCUT2D eigenvalue weighted by Crippen LogP contribution is -2.40. The van der Waals surface area contributed by atoms with Crippen molar-refractivity contribution < 1.29 is 9.59 Å². The molecule has 1 aromatic carbocycles. The Balaban J connectivity index is 2.57. The molecule has 0 bridgehead atoms. The van der Waals surface area contributed by atoms with E-state index in [0.717, 1.165) is 12.8 Å². The van der Waals surface area contributed by atoms with Crippen LogP contribution in [0.15, 0.2) is 24.3 Å². The van der Waals surface area contributed by atoms with E-state index in [1.165, 1.54) is 12.8 Å². The zero-order chi connectivity index (χ0) is 18.9. The molecule has 3 N–H and O–H groups in total. The Labute approximate surface area is 152 Å². The fourth-order valence-electron chi connectivity index (χ4n) is 2.51. The molecule has 1 aromatic rings. The predicted molar refractivity (Wildman–Crippen MR) is 104 cm³/mol. The number of carbonyl (C=O) groups is 2. The maximum absolute atomic E-state index is 12.2. The van der Waals surface area contributed by atoms with Gasteiger partial charge in [-0.05, 0) is 51.3 Å². The Kier molecular flexibility index (Phi) is 8.46. The van der Waals surface area contributed by atoms with Gasteiger partial charge in [0.2, 0.25) is 0 Å². The largest absolute Gasteiger partial charge is 0.347 e. The summed E-state index contributed by atoms with van der Waals surface area (Å²) in [5, 5.41) is 8.65. The van der Waals surface area contributed by atoms with Gasteiger partial charge in [0.15, 0.2) is 0 Å². The molecular weight excluding hydrogens is 314 g/mol. The number of amides is 3. The van der Waals surface area contributed by atoms with E-state index in [9.17, 15) is 9.59 Å². The van der Waals surface area contributed by atoms with Gasteiger partial charge in [-0.15, -0.1) is 0 Å². The number of carbonyl (C=O) groups excluding carboxylic acids is 2. The minimum Gasteiger partial charge on any atom is -0.347 e. The SMILES string of the molecule is CCCCC(CC)CNC(=O)Nc1cccc(C(=O)NC(C)(C)C)c1. The molecule has 0 heterocycles. The van der Waals surface area contributed by atoms with Crippen molar-refractivity contribution in [1.82, 2.24) is 10.6 Å². The molecule has 1 atom stereocenters. The van der Waals surface area contributed by atoms with Crippen LogP contribution in [0.3, 0.4) is 0 Å². The van der Waals surface area contributed by atoms with Crippen molar-refractivity contribution in [2.45, 2.75) is 65.8 Å². The normalized spacial score (nSPS) is 12.4. The van der Waals surface area contributed by atoms with E-state index >= 15 is 0 Å². The van der Waals surface area contributed by atoms with Crippen LogP contribution < -0.4 is 16.0 Å². The van der Waals surface area contributed by atoms with Crippen LogP contribution >= 0.6 is 0 Å². The highest BCUT2D eigenvalue weighted by atomic mass is 16.2. The monoisotopic (exact) mass is 347 g/mol. The second-order valence-corrected chi connectivity index (χ2v) is 7.54. The lowest BCUT2D eigenvalue weighted by Gasteiger charge is -2.20. The van der Waals surface area contributed by atoms with Gasteiger partial charge in [0.25, 0.3) is 5.91 Å². The van der Waals surface area contributed by atoms with Crippen LogP contribution in [0, 0.1) is 5.92 Å². The second kappa shape index (κ2) is 10.1. The first-order valence-electron chi connectivity index (χ1n) is 9.22. The van der Waals surface area contributed by atoms with E-state index in [0.29, 0.717) is 23.7 Å². The minimum atomic E-state index is -0.300. The molecule has 3 amide bonds. The number of urea groups is 1. The molecule has 5 nitrogen and oxygen atoms in total. The maximum Gasteiger partial charge on any atom is 0.319 e. The number of nitrogens with one attached hydrogen (secondary N) is 3. The molecule has 0 aliphatic rings. The summed E-state index contributed by atoms with van der Waals surface area (Å²) in [7, 11) is 0. The maximum atomic E-state index is 12.2. The molecule has 0 fully saturated rings. The summed E-state index contributed by atoms with van der Waals surface area (Å²) < 4.78 is 0. The van der Waals surface area contributed by atoms with E-state index in [1.807, 2.05) is 20.8 Å². The number of hydrogen-bond donors (Lipinski definition) is 3. The van der Waals surface area contributed by atoms with E-state index in [-0.39, 0.29) is 17.5 Å². The van der Waals surface area contributed by atoms with Gasteiger partial charge in [-0.1, -0.05) is 39.2 Å². The van der Waals surface area contributed by atoms with Gasteiger partial charge < -0.3 is 16.0 Å². The van der Waals surface area contributed by atoms with Crippen molar-refractivity contribution in [2.24, 2.45) is 5.92 Å². The summed E-state index contributed by atoms with van der Waals surface area (Å²) in [4.78, 5) is 24.3. The predicted octanol–water partition coefficient (Wildman–Crippen LogP) is 4.55. The van der Waals surface area contributed by atoms with Crippen molar-refractivity contribution in [1.29, 1.82) is 0 Å². The lowest BCUT2D eigenvalue weighted by molar-refractivity contribution is 0.0919. The fourth-order valence-corrected chi connectivity index (χ4v) is 2.51. The van der Waals surface area contributed by atoms with Crippen LogP contribution in [0.4, 0.5) is 10.5 Å². The first kappa shape index (κ1) is 21.0. The van der Waals surface area contributed by atoms with E-state index < -0.39 is 0 Å². The minimum absolute atomic E-state index is 0.151. The van der Waals surface area contributed by atoms with Crippen LogP contribution in [0.1, 0.15) is 70.7 Å². The zero-order valence-corrected chi connectivity index (χ0v) is 16.2. The standard InChI is InChI=1S/C20H33N3O2/c1-6-8-10-15(7-2)14-21-19(25)22-17-12-9-11-16(13-17)18(24)23-20(3,4)5/h9,11-13,15H,6-8,10,14H2,1-5H3,(H,23,24)(H2,21,22,25). The smallest absolute Gasteiger partial charge is 0.319 e. The molecule has 1 rings (SSSR count). The van der Waals surface area contributed by atoms with E-state index in [2.05, 4.69) is 29.8 Å². The van der Waals surface area contributed by atoms with Gasteiger partial charge in [-0.2, -0.15) is 0 Å². The first-order chi connectivity index (χ1) is 11.7. The molecule has 5 heteroatoms. The number of benzene rings is 1. The highest BCUT2D eigenvalue weighted by molar-refractivity contribution is 5.97. The Bertz CT molecular complexity index is 564. The van der Waals surface area contributed by atoms with Gasteiger partial charge in [-0.3, -0.25) is 4.79 Å². The molecule has 1 unspecified atom stereocenters. The van der Waals surface area contributed by atoms with Crippen LogP contribution in [0.5, 0.6) is 0 Å². The quantitative estimate of drug-likeness (QED) is 0.645. The zero-order valence-electron chi connectivity index (χ0n) is 16.2. The fraction of sp³-hybridized carbons (Fsp3) is 0.600. The Morgan fingerprint density at radius 2 is 1.88 bits per heavy atom. The second-order valence-electron chi connectivity index (χ2n) is 7.54. The van der Waals surface area contributed by atoms with Crippen LogP contribution in [-0.2, 0) is 0 Å². The Morgan fingerprint density at radius 3 is 2.48 bits per heavy atom. The number of rotatable bonds is 8. The van der Waals surface area contributed by atoms with E-state index in [4.69, 9.17) is 0 Å². The van der Waals surface area contributed by atoms with Gasteiger partial charge in [-0.25, -0.2) is 4.79 Å². The molecule has 0 aliphatic heterocycles. The molecule has 0 radical (unpaired) electrons. The highest BCUT2D eigenvalue weighted by Gasteiger charge is 2.15. The molecule has 0 spiro atoms. The van der Waals surface area contributed by atoms with Crippen molar-refractivity contribution in [3.8, 4) is 0 Å². The third-order valence-corrected chi connectivity index (χ3v) is 3.97. The van der Waals surface area contributed by atoms with Crippen molar-refractivity contribution in [2.75, 3.05) is 11.9 Å². The summed E-state index contributed by atoms with van der Waals surface area (Å²) in [6, 6.07) is 6.74. The van der Waals surface area contributed by atoms with E-state index in [1.54, 1.807) is 24.3 Å². The van der Waals surface area contributed by atoms with Crippen LogP contribution in [0.2, 0.25) is 0 Å². The highest BCUT2D eigenvalue weighted by Crippen LogP contribution is 2.13. The third-order valence-electron chi connectivity index (χ3n) is 3.97. The van der Waals surface area contributed by atoms with Crippen molar-refractivity contribution in [3.63, 3.8) is 0 Å². The number of anilines is 1. The molecule has 140 valence electrons. The summed E-state index contributed by atoms with van der Waals surface area (Å²) >= 11 is 0. The average molecular weight is 348 g/mol. The average Bonchev–Trinajstić information content (AvgIpc) is 2.53.